The van der Waals surface area contributed by atoms with Gasteiger partial charge >= 0.3 is 0 Å². The molecule has 152 valence electrons. The lowest BCUT2D eigenvalue weighted by molar-refractivity contribution is 0.314. The first kappa shape index (κ1) is 21.0. The van der Waals surface area contributed by atoms with E-state index in [-0.39, 0.29) is 23.5 Å². The lowest BCUT2D eigenvalue weighted by Crippen LogP contribution is -1.99. The minimum atomic E-state index is -1.11. The van der Waals surface area contributed by atoms with E-state index in [4.69, 9.17) is 4.74 Å². The fraction of sp³-hybridized carbons (Fsp3) is 0.280. The van der Waals surface area contributed by atoms with Gasteiger partial charge in [-0.05, 0) is 54.7 Å². The van der Waals surface area contributed by atoms with Crippen molar-refractivity contribution in [1.82, 2.24) is 0 Å². The van der Waals surface area contributed by atoms with Gasteiger partial charge in [0.1, 0.15) is 5.82 Å². The van der Waals surface area contributed by atoms with Crippen LogP contribution in [0, 0.1) is 17.5 Å². The van der Waals surface area contributed by atoms with Crippen LogP contribution in [0.15, 0.2) is 54.6 Å². The van der Waals surface area contributed by atoms with Crippen LogP contribution in [0.4, 0.5) is 13.2 Å². The highest BCUT2D eigenvalue weighted by atomic mass is 19.2. The van der Waals surface area contributed by atoms with Crippen LogP contribution in [0.5, 0.6) is 5.75 Å². The Hall–Kier alpha value is -2.75. The van der Waals surface area contributed by atoms with Gasteiger partial charge in [-0.25, -0.2) is 8.78 Å². The number of hydrogen-bond acceptors (Lipinski definition) is 1. The molecule has 0 unspecified atom stereocenters. The molecule has 3 aromatic rings. The predicted octanol–water partition coefficient (Wildman–Crippen LogP) is 7.57. The zero-order valence-corrected chi connectivity index (χ0v) is 16.8. The van der Waals surface area contributed by atoms with E-state index in [2.05, 4.69) is 19.1 Å². The maximum absolute atomic E-state index is 14.7. The Morgan fingerprint density at radius 3 is 2.07 bits per heavy atom. The molecule has 0 bridgehead atoms. The number of aryl methyl sites for hydroxylation is 1. The molecule has 29 heavy (non-hydrogen) atoms. The highest BCUT2D eigenvalue weighted by Gasteiger charge is 2.18. The highest BCUT2D eigenvalue weighted by molar-refractivity contribution is 5.72. The smallest absolute Gasteiger partial charge is 0.201 e. The van der Waals surface area contributed by atoms with Crippen LogP contribution in [-0.4, -0.2) is 6.61 Å². The van der Waals surface area contributed by atoms with Crippen LogP contribution < -0.4 is 4.74 Å². The van der Waals surface area contributed by atoms with Gasteiger partial charge in [0.05, 0.1) is 6.61 Å². The van der Waals surface area contributed by atoms with E-state index in [0.29, 0.717) is 5.56 Å². The van der Waals surface area contributed by atoms with Crippen molar-refractivity contribution < 1.29 is 17.9 Å². The molecule has 0 heterocycles. The van der Waals surface area contributed by atoms with Crippen LogP contribution in [-0.2, 0) is 6.42 Å². The van der Waals surface area contributed by atoms with Gasteiger partial charge in [0.15, 0.2) is 11.6 Å². The van der Waals surface area contributed by atoms with E-state index < -0.39 is 17.5 Å². The zero-order valence-electron chi connectivity index (χ0n) is 16.8. The normalized spacial score (nSPS) is 10.9. The second-order valence-corrected chi connectivity index (χ2v) is 7.02. The first-order chi connectivity index (χ1) is 14.0. The topological polar surface area (TPSA) is 9.23 Å². The molecule has 0 radical (unpaired) electrons. The summed E-state index contributed by atoms with van der Waals surface area (Å²) >= 11 is 0. The number of halogens is 3. The molecule has 3 rings (SSSR count). The van der Waals surface area contributed by atoms with E-state index in [0.717, 1.165) is 18.4 Å². The van der Waals surface area contributed by atoms with Crippen LogP contribution in [0.25, 0.3) is 22.3 Å². The quantitative estimate of drug-likeness (QED) is 0.356. The van der Waals surface area contributed by atoms with Gasteiger partial charge in [0.25, 0.3) is 0 Å². The molecule has 0 amide bonds. The second-order valence-electron chi connectivity index (χ2n) is 7.02. The summed E-state index contributed by atoms with van der Waals surface area (Å²) in [6, 6.07) is 15.3. The van der Waals surface area contributed by atoms with Gasteiger partial charge < -0.3 is 4.74 Å². The third kappa shape index (κ3) is 4.81. The van der Waals surface area contributed by atoms with E-state index in [9.17, 15) is 13.2 Å². The van der Waals surface area contributed by atoms with Crippen LogP contribution in [0.3, 0.4) is 0 Å². The lowest BCUT2D eigenvalue weighted by atomic mass is 9.97. The SMILES string of the molecule is CCCCCc1ccc(-c2ccc(-c3ccc(OCC)c(F)c3F)c(F)c2)cc1. The Kier molecular flexibility index (Phi) is 6.97. The number of unbranched alkanes of at least 4 members (excludes halogenated alkanes) is 2. The summed E-state index contributed by atoms with van der Waals surface area (Å²) < 4.78 is 48.4. The van der Waals surface area contributed by atoms with Gasteiger partial charge in [-0.15, -0.1) is 0 Å². The number of ether oxygens (including phenoxy) is 1. The van der Waals surface area contributed by atoms with Gasteiger partial charge in [0, 0.05) is 11.1 Å². The molecule has 0 aromatic heterocycles. The molecule has 4 heteroatoms. The van der Waals surface area contributed by atoms with Crippen LogP contribution in [0.1, 0.15) is 38.7 Å². The molecule has 0 aliphatic heterocycles. The van der Waals surface area contributed by atoms with Gasteiger partial charge in [-0.1, -0.05) is 56.2 Å². The van der Waals surface area contributed by atoms with Crippen molar-refractivity contribution >= 4 is 0 Å². The predicted molar refractivity (Wildman–Crippen MR) is 112 cm³/mol. The number of rotatable bonds is 8. The summed E-state index contributed by atoms with van der Waals surface area (Å²) in [7, 11) is 0. The summed E-state index contributed by atoms with van der Waals surface area (Å²) in [6.45, 7) is 4.08. The Balaban J connectivity index is 1.85. The van der Waals surface area contributed by atoms with Gasteiger partial charge in [-0.3, -0.25) is 0 Å². The second kappa shape index (κ2) is 9.64. The summed E-state index contributed by atoms with van der Waals surface area (Å²) in [4.78, 5) is 0. The molecule has 0 fully saturated rings. The van der Waals surface area contributed by atoms with Crippen molar-refractivity contribution in [3.63, 3.8) is 0 Å². The first-order valence-corrected chi connectivity index (χ1v) is 10.0. The van der Waals surface area contributed by atoms with E-state index in [1.165, 1.54) is 42.7 Å². The van der Waals surface area contributed by atoms with Gasteiger partial charge in [-0.2, -0.15) is 4.39 Å². The fourth-order valence-corrected chi connectivity index (χ4v) is 3.36. The van der Waals surface area contributed by atoms with Crippen molar-refractivity contribution in [2.75, 3.05) is 6.61 Å². The molecule has 0 saturated heterocycles. The average Bonchev–Trinajstić information content (AvgIpc) is 2.73. The highest BCUT2D eigenvalue weighted by Crippen LogP contribution is 2.33. The number of benzene rings is 3. The Labute approximate surface area is 170 Å². The molecule has 0 aliphatic carbocycles. The third-order valence-electron chi connectivity index (χ3n) is 4.96. The van der Waals surface area contributed by atoms with Crippen LogP contribution >= 0.6 is 0 Å². The Bertz CT molecular complexity index is 965. The maximum atomic E-state index is 14.7. The molecule has 0 spiro atoms. The molecule has 0 aliphatic rings. The van der Waals surface area contributed by atoms with E-state index in [1.807, 2.05) is 12.1 Å². The molecular formula is C25H25F3O. The number of hydrogen-bond donors (Lipinski definition) is 0. The monoisotopic (exact) mass is 398 g/mol. The fourth-order valence-electron chi connectivity index (χ4n) is 3.36. The van der Waals surface area contributed by atoms with Crippen LogP contribution in [0.2, 0.25) is 0 Å². The van der Waals surface area contributed by atoms with Crippen molar-refractivity contribution in [1.29, 1.82) is 0 Å². The molecule has 0 N–H and O–H groups in total. The Morgan fingerprint density at radius 2 is 1.41 bits per heavy atom. The summed E-state index contributed by atoms with van der Waals surface area (Å²) in [5.41, 5.74) is 2.73. The largest absolute Gasteiger partial charge is 0.491 e. The lowest BCUT2D eigenvalue weighted by Gasteiger charge is -2.11. The van der Waals surface area contributed by atoms with Gasteiger partial charge in [0.2, 0.25) is 5.82 Å². The maximum Gasteiger partial charge on any atom is 0.201 e. The minimum absolute atomic E-state index is 0.0179. The summed E-state index contributed by atoms with van der Waals surface area (Å²) in [5, 5.41) is 0. The van der Waals surface area contributed by atoms with E-state index >= 15 is 0 Å². The zero-order chi connectivity index (χ0) is 20.8. The standard InChI is InChI=1S/C25H25F3O/c1-3-5-6-7-17-8-10-18(11-9-17)19-12-13-20(22(26)16-19)21-14-15-23(29-4-2)25(28)24(21)27/h8-16H,3-7H2,1-2H3. The Morgan fingerprint density at radius 1 is 0.724 bits per heavy atom. The molecule has 1 nitrogen and oxygen atoms in total. The summed E-state index contributed by atoms with van der Waals surface area (Å²) in [6.07, 6.45) is 4.58. The average molecular weight is 398 g/mol. The molecule has 3 aromatic carbocycles. The van der Waals surface area contributed by atoms with Crippen molar-refractivity contribution in [2.24, 2.45) is 0 Å². The van der Waals surface area contributed by atoms with Crippen molar-refractivity contribution in [3.05, 3.63) is 77.6 Å². The first-order valence-electron chi connectivity index (χ1n) is 10.0. The molecular weight excluding hydrogens is 373 g/mol. The van der Waals surface area contributed by atoms with Crippen molar-refractivity contribution in [3.8, 4) is 28.0 Å². The molecule has 0 atom stereocenters. The third-order valence-corrected chi connectivity index (χ3v) is 4.96. The van der Waals surface area contributed by atoms with Crippen molar-refractivity contribution in [2.45, 2.75) is 39.5 Å². The minimum Gasteiger partial charge on any atom is -0.491 e. The summed E-state index contributed by atoms with van der Waals surface area (Å²) in [5.74, 6) is -2.99. The van der Waals surface area contributed by atoms with E-state index in [1.54, 1.807) is 13.0 Å². The molecule has 0 saturated carbocycles.